The van der Waals surface area contributed by atoms with Crippen LogP contribution in [0.25, 0.3) is 11.0 Å². The molecule has 4 nitrogen and oxygen atoms in total. The van der Waals surface area contributed by atoms with E-state index in [1.165, 1.54) is 6.07 Å². The van der Waals surface area contributed by atoms with Crippen molar-refractivity contribution in [1.29, 1.82) is 0 Å². The van der Waals surface area contributed by atoms with E-state index < -0.39 is 17.8 Å². The van der Waals surface area contributed by atoms with Crippen LogP contribution in [0.2, 0.25) is 0 Å². The van der Waals surface area contributed by atoms with Gasteiger partial charge >= 0.3 is 0 Å². The average Bonchev–Trinajstić information content (AvgIpc) is 2.56. The lowest BCUT2D eigenvalue weighted by Crippen LogP contribution is -2.30. The number of fused-ring (bicyclic) bond motifs is 1. The molecule has 0 fully saturated rings. The Kier molecular flexibility index (Phi) is 3.78. The van der Waals surface area contributed by atoms with E-state index in [2.05, 4.69) is 20.9 Å². The molecule has 1 heterocycles. The first kappa shape index (κ1) is 14.2. The van der Waals surface area contributed by atoms with Gasteiger partial charge in [-0.25, -0.2) is 4.39 Å². The Morgan fingerprint density at radius 2 is 2.16 bits per heavy atom. The molecule has 2 rings (SSSR count). The number of primary amides is 1. The van der Waals surface area contributed by atoms with Gasteiger partial charge in [0.05, 0.1) is 15.5 Å². The minimum atomic E-state index is -0.609. The van der Waals surface area contributed by atoms with E-state index in [-0.39, 0.29) is 5.92 Å². The number of hydrogen-bond donors (Lipinski definition) is 2. The summed E-state index contributed by atoms with van der Waals surface area (Å²) in [6.07, 6.45) is 0. The van der Waals surface area contributed by atoms with Gasteiger partial charge in [0.25, 0.3) is 0 Å². The molecule has 7 heteroatoms. The number of hydrogen-bond acceptors (Lipinski definition) is 2. The lowest BCUT2D eigenvalue weighted by Gasteiger charge is -2.19. The summed E-state index contributed by atoms with van der Waals surface area (Å²) in [5, 5.41) is 0. The van der Waals surface area contributed by atoms with E-state index >= 15 is 0 Å². The number of halogens is 2. The SMILES string of the molecule is CC(C)C(C(N)=O)n1c(=S)[nH]c2cc(Br)c(F)cc21. The topological polar surface area (TPSA) is 63.8 Å². The highest BCUT2D eigenvalue weighted by Gasteiger charge is 2.24. The minimum absolute atomic E-state index is 0.0464. The first-order chi connectivity index (χ1) is 8.82. The van der Waals surface area contributed by atoms with Crippen molar-refractivity contribution in [1.82, 2.24) is 9.55 Å². The molecule has 0 saturated carbocycles. The van der Waals surface area contributed by atoms with E-state index in [9.17, 15) is 9.18 Å². The number of benzene rings is 1. The molecule has 2 aromatic rings. The van der Waals surface area contributed by atoms with E-state index in [0.29, 0.717) is 20.3 Å². The molecule has 1 amide bonds. The van der Waals surface area contributed by atoms with E-state index in [1.807, 2.05) is 13.8 Å². The smallest absolute Gasteiger partial charge is 0.240 e. The fraction of sp³-hybridized carbons (Fsp3) is 0.333. The van der Waals surface area contributed by atoms with Crippen molar-refractivity contribution in [2.45, 2.75) is 19.9 Å². The van der Waals surface area contributed by atoms with Gasteiger partial charge < -0.3 is 15.3 Å². The van der Waals surface area contributed by atoms with Crippen LogP contribution in [0.1, 0.15) is 19.9 Å². The second kappa shape index (κ2) is 5.05. The summed E-state index contributed by atoms with van der Waals surface area (Å²) in [5.74, 6) is -0.951. The monoisotopic (exact) mass is 345 g/mol. The average molecular weight is 346 g/mol. The number of amides is 1. The predicted molar refractivity (Wildman–Crippen MR) is 77.9 cm³/mol. The van der Waals surface area contributed by atoms with Gasteiger partial charge in [0.1, 0.15) is 11.9 Å². The molecule has 102 valence electrons. The van der Waals surface area contributed by atoms with Crippen molar-refractivity contribution in [3.05, 3.63) is 27.2 Å². The number of aromatic nitrogens is 2. The van der Waals surface area contributed by atoms with Crippen LogP contribution in [-0.2, 0) is 4.79 Å². The van der Waals surface area contributed by atoms with Crippen molar-refractivity contribution in [3.63, 3.8) is 0 Å². The zero-order valence-electron chi connectivity index (χ0n) is 10.4. The number of nitrogens with one attached hydrogen (secondary N) is 1. The normalized spacial score (nSPS) is 13.1. The zero-order chi connectivity index (χ0) is 14.3. The molecule has 0 aliphatic carbocycles. The van der Waals surface area contributed by atoms with Crippen molar-refractivity contribution in [3.8, 4) is 0 Å². The van der Waals surface area contributed by atoms with Gasteiger partial charge in [-0.3, -0.25) is 4.79 Å². The molecule has 0 spiro atoms. The molecule has 0 radical (unpaired) electrons. The largest absolute Gasteiger partial charge is 0.368 e. The van der Waals surface area contributed by atoms with Crippen LogP contribution in [0.4, 0.5) is 4.39 Å². The lowest BCUT2D eigenvalue weighted by atomic mass is 10.0. The lowest BCUT2D eigenvalue weighted by molar-refractivity contribution is -0.122. The highest BCUT2D eigenvalue weighted by molar-refractivity contribution is 9.10. The molecule has 0 bridgehead atoms. The van der Waals surface area contributed by atoms with Crippen LogP contribution >= 0.6 is 28.1 Å². The van der Waals surface area contributed by atoms with Gasteiger partial charge in [-0.1, -0.05) is 13.8 Å². The molecule has 1 aromatic carbocycles. The zero-order valence-corrected chi connectivity index (χ0v) is 12.8. The maximum Gasteiger partial charge on any atom is 0.240 e. The van der Waals surface area contributed by atoms with Gasteiger partial charge in [0.15, 0.2) is 4.77 Å². The Bertz CT molecular complexity index is 707. The van der Waals surface area contributed by atoms with Crippen molar-refractivity contribution < 1.29 is 9.18 Å². The number of imidazole rings is 1. The number of nitrogens with two attached hydrogens (primary N) is 1. The Morgan fingerprint density at radius 3 is 2.68 bits per heavy atom. The second-order valence-corrected chi connectivity index (χ2v) is 5.92. The second-order valence-electron chi connectivity index (χ2n) is 4.67. The van der Waals surface area contributed by atoms with Gasteiger partial charge in [0, 0.05) is 6.07 Å². The number of nitrogens with zero attached hydrogens (tertiary/aromatic N) is 1. The fourth-order valence-corrected chi connectivity index (χ4v) is 2.82. The molecular formula is C12H13BrFN3OS. The first-order valence-electron chi connectivity index (χ1n) is 5.71. The summed E-state index contributed by atoms with van der Waals surface area (Å²) >= 11 is 8.33. The van der Waals surface area contributed by atoms with Crippen LogP contribution in [0.5, 0.6) is 0 Å². The molecule has 19 heavy (non-hydrogen) atoms. The number of H-pyrrole nitrogens is 1. The molecular weight excluding hydrogens is 333 g/mol. The van der Waals surface area contributed by atoms with E-state index in [0.717, 1.165) is 0 Å². The summed E-state index contributed by atoms with van der Waals surface area (Å²) in [5.41, 5.74) is 6.62. The van der Waals surface area contributed by atoms with Gasteiger partial charge in [-0.15, -0.1) is 0 Å². The van der Waals surface area contributed by atoms with Crippen molar-refractivity contribution in [2.75, 3.05) is 0 Å². The summed E-state index contributed by atoms with van der Waals surface area (Å²) in [4.78, 5) is 14.6. The van der Waals surface area contributed by atoms with Crippen molar-refractivity contribution >= 4 is 45.1 Å². The van der Waals surface area contributed by atoms with Crippen LogP contribution in [0, 0.1) is 16.5 Å². The molecule has 0 saturated heterocycles. The van der Waals surface area contributed by atoms with Crippen LogP contribution in [-0.4, -0.2) is 15.5 Å². The number of carbonyl (C=O) groups excluding carboxylic acids is 1. The van der Waals surface area contributed by atoms with E-state index in [1.54, 1.807) is 10.6 Å². The third-order valence-corrected chi connectivity index (χ3v) is 3.87. The molecule has 0 aliphatic heterocycles. The van der Waals surface area contributed by atoms with Crippen LogP contribution < -0.4 is 5.73 Å². The molecule has 0 aliphatic rings. The van der Waals surface area contributed by atoms with Crippen LogP contribution in [0.3, 0.4) is 0 Å². The molecule has 1 atom stereocenters. The Balaban J connectivity index is 2.79. The maximum atomic E-state index is 13.7. The Morgan fingerprint density at radius 1 is 1.53 bits per heavy atom. The van der Waals surface area contributed by atoms with E-state index in [4.69, 9.17) is 18.0 Å². The predicted octanol–water partition coefficient (Wildman–Crippen LogP) is 3.28. The standard InChI is InChI=1S/C12H13BrFN3OS/c1-5(2)10(11(15)18)17-9-4-7(14)6(13)3-8(9)16-12(17)19/h3-5,10H,1-2H3,(H2,15,18)(H,16,19). The molecule has 3 N–H and O–H groups in total. The third kappa shape index (κ3) is 2.44. The highest BCUT2D eigenvalue weighted by Crippen LogP contribution is 2.28. The summed E-state index contributed by atoms with van der Waals surface area (Å²) in [6, 6.07) is 2.32. The molecule has 1 aromatic heterocycles. The summed E-state index contributed by atoms with van der Waals surface area (Å²) in [7, 11) is 0. The summed E-state index contributed by atoms with van der Waals surface area (Å²) in [6.45, 7) is 3.73. The number of rotatable bonds is 3. The Hall–Kier alpha value is -1.21. The third-order valence-electron chi connectivity index (χ3n) is 2.96. The highest BCUT2D eigenvalue weighted by atomic mass is 79.9. The van der Waals surface area contributed by atoms with Crippen molar-refractivity contribution in [2.24, 2.45) is 11.7 Å². The van der Waals surface area contributed by atoms with Crippen LogP contribution in [0.15, 0.2) is 16.6 Å². The number of aromatic amines is 1. The fourth-order valence-electron chi connectivity index (χ4n) is 2.15. The maximum absolute atomic E-state index is 13.7. The molecule has 1 unspecified atom stereocenters. The van der Waals surface area contributed by atoms with Gasteiger partial charge in [0.2, 0.25) is 5.91 Å². The Labute approximate surface area is 122 Å². The minimum Gasteiger partial charge on any atom is -0.368 e. The first-order valence-corrected chi connectivity index (χ1v) is 6.91. The van der Waals surface area contributed by atoms with Gasteiger partial charge in [-0.2, -0.15) is 0 Å². The quantitative estimate of drug-likeness (QED) is 0.838. The number of carbonyl (C=O) groups is 1. The van der Waals surface area contributed by atoms with Gasteiger partial charge in [-0.05, 0) is 40.1 Å². The summed E-state index contributed by atoms with van der Waals surface area (Å²) < 4.78 is 15.9.